The quantitative estimate of drug-likeness (QED) is 0.698. The number of rotatable bonds is 3. The molecular formula is C9H10FO. The van der Waals surface area contributed by atoms with Crippen molar-refractivity contribution < 1.29 is 9.50 Å². The lowest BCUT2D eigenvalue weighted by Gasteiger charge is -1.99. The molecular weight excluding hydrogens is 143 g/mol. The number of hydrogen-bond acceptors (Lipinski definition) is 1. The molecule has 1 nitrogen and oxygen atoms in total. The average molecular weight is 153 g/mol. The first-order valence-electron chi connectivity index (χ1n) is 3.50. The lowest BCUT2D eigenvalue weighted by Crippen LogP contribution is -1.93. The van der Waals surface area contributed by atoms with E-state index in [1.54, 1.807) is 24.6 Å². The molecule has 1 aromatic rings. The fraction of sp³-hybridized carbons (Fsp3) is 0.222. The fourth-order valence-corrected chi connectivity index (χ4v) is 0.884. The Bertz CT molecular complexity index is 223. The minimum atomic E-state index is -0.211. The third kappa shape index (κ3) is 2.31. The van der Waals surface area contributed by atoms with Crippen LogP contribution in [0.4, 0.5) is 4.39 Å². The minimum Gasteiger partial charge on any atom is -0.396 e. The molecule has 0 saturated heterocycles. The van der Waals surface area contributed by atoms with Gasteiger partial charge in [0.05, 0.1) is 0 Å². The maximum atomic E-state index is 12.8. The van der Waals surface area contributed by atoms with Crippen molar-refractivity contribution in [2.24, 2.45) is 0 Å². The molecule has 0 spiro atoms. The van der Waals surface area contributed by atoms with Crippen LogP contribution in [0.3, 0.4) is 0 Å². The summed E-state index contributed by atoms with van der Waals surface area (Å²) in [6, 6.07) is 6.56. The number of hydrogen-bond donors (Lipinski definition) is 1. The Morgan fingerprint density at radius 3 is 2.73 bits per heavy atom. The third-order valence-electron chi connectivity index (χ3n) is 1.45. The van der Waals surface area contributed by atoms with E-state index in [1.165, 1.54) is 6.07 Å². The Morgan fingerprint density at radius 2 is 2.09 bits per heavy atom. The van der Waals surface area contributed by atoms with Crippen LogP contribution >= 0.6 is 0 Å². The van der Waals surface area contributed by atoms with Gasteiger partial charge in [0.25, 0.3) is 0 Å². The number of aliphatic hydroxyl groups is 1. The molecule has 0 fully saturated rings. The van der Waals surface area contributed by atoms with Gasteiger partial charge in [-0.15, -0.1) is 0 Å². The molecule has 2 heteroatoms. The van der Waals surface area contributed by atoms with Crippen molar-refractivity contribution in [3.63, 3.8) is 0 Å². The van der Waals surface area contributed by atoms with E-state index in [0.29, 0.717) is 12.0 Å². The summed E-state index contributed by atoms with van der Waals surface area (Å²) in [7, 11) is 0. The molecule has 1 radical (unpaired) electrons. The first kappa shape index (κ1) is 8.21. The van der Waals surface area contributed by atoms with Crippen LogP contribution in [0.5, 0.6) is 0 Å². The normalized spacial score (nSPS) is 10.0. The highest BCUT2D eigenvalue weighted by Crippen LogP contribution is 2.07. The summed E-state index contributed by atoms with van der Waals surface area (Å²) in [4.78, 5) is 0. The van der Waals surface area contributed by atoms with Crippen molar-refractivity contribution in [3.05, 3.63) is 42.1 Å². The summed E-state index contributed by atoms with van der Waals surface area (Å²) in [5, 5.41) is 8.44. The van der Waals surface area contributed by atoms with Gasteiger partial charge in [-0.25, -0.2) is 4.39 Å². The molecule has 0 aliphatic heterocycles. The van der Waals surface area contributed by atoms with Gasteiger partial charge in [-0.2, -0.15) is 0 Å². The van der Waals surface area contributed by atoms with Crippen molar-refractivity contribution in [2.45, 2.75) is 6.42 Å². The second-order valence-corrected chi connectivity index (χ2v) is 2.27. The van der Waals surface area contributed by atoms with Crippen LogP contribution in [0.15, 0.2) is 24.3 Å². The molecule has 11 heavy (non-hydrogen) atoms. The van der Waals surface area contributed by atoms with Crippen LogP contribution in [0, 0.1) is 12.2 Å². The Labute approximate surface area is 65.5 Å². The van der Waals surface area contributed by atoms with Gasteiger partial charge >= 0.3 is 0 Å². The van der Waals surface area contributed by atoms with E-state index in [0.717, 1.165) is 0 Å². The Balaban J connectivity index is 2.62. The topological polar surface area (TPSA) is 20.2 Å². The van der Waals surface area contributed by atoms with Gasteiger partial charge in [0.15, 0.2) is 0 Å². The summed E-state index contributed by atoms with van der Waals surface area (Å²) in [5.41, 5.74) is 0.626. The van der Waals surface area contributed by atoms with Gasteiger partial charge in [-0.05, 0) is 24.5 Å². The monoisotopic (exact) mass is 153 g/mol. The van der Waals surface area contributed by atoms with Crippen LogP contribution in [0.25, 0.3) is 0 Å². The summed E-state index contributed by atoms with van der Waals surface area (Å²) in [6.07, 6.45) is 2.11. The molecule has 0 aliphatic carbocycles. The molecule has 0 unspecified atom stereocenters. The zero-order valence-corrected chi connectivity index (χ0v) is 6.13. The van der Waals surface area contributed by atoms with E-state index < -0.39 is 0 Å². The summed E-state index contributed by atoms with van der Waals surface area (Å²) in [5.74, 6) is -0.211. The number of benzene rings is 1. The second-order valence-electron chi connectivity index (χ2n) is 2.27. The largest absolute Gasteiger partial charge is 0.396 e. The van der Waals surface area contributed by atoms with Crippen molar-refractivity contribution in [2.75, 3.05) is 6.61 Å². The second kappa shape index (κ2) is 4.09. The average Bonchev–Trinajstić information content (AvgIpc) is 2.03. The Morgan fingerprint density at radius 1 is 1.36 bits per heavy atom. The van der Waals surface area contributed by atoms with Crippen molar-refractivity contribution in [1.29, 1.82) is 0 Å². The molecule has 0 amide bonds. The minimum absolute atomic E-state index is 0.00562. The molecule has 1 aromatic carbocycles. The van der Waals surface area contributed by atoms with Crippen molar-refractivity contribution in [3.8, 4) is 0 Å². The highest BCUT2D eigenvalue weighted by Gasteiger charge is 1.98. The van der Waals surface area contributed by atoms with Crippen LogP contribution in [0.1, 0.15) is 5.56 Å². The van der Waals surface area contributed by atoms with Gasteiger partial charge in [-0.3, -0.25) is 0 Å². The Hall–Kier alpha value is -0.890. The highest BCUT2D eigenvalue weighted by atomic mass is 19.1. The van der Waals surface area contributed by atoms with E-state index >= 15 is 0 Å². The summed E-state index contributed by atoms with van der Waals surface area (Å²) < 4.78 is 12.8. The maximum Gasteiger partial charge on any atom is 0.126 e. The van der Waals surface area contributed by atoms with E-state index in [4.69, 9.17) is 5.11 Å². The molecule has 1 rings (SSSR count). The van der Waals surface area contributed by atoms with Crippen molar-refractivity contribution >= 4 is 0 Å². The van der Waals surface area contributed by atoms with Crippen LogP contribution in [0.2, 0.25) is 0 Å². The zero-order chi connectivity index (χ0) is 8.10. The van der Waals surface area contributed by atoms with Crippen LogP contribution in [-0.2, 0) is 6.42 Å². The SMILES string of the molecule is OC[CH]Cc1ccccc1F. The third-order valence-corrected chi connectivity index (χ3v) is 1.45. The van der Waals surface area contributed by atoms with Crippen LogP contribution in [-0.4, -0.2) is 11.7 Å². The predicted octanol–water partition coefficient (Wildman–Crippen LogP) is 1.56. The van der Waals surface area contributed by atoms with Gasteiger partial charge < -0.3 is 5.11 Å². The Kier molecular flexibility index (Phi) is 3.05. The first-order valence-corrected chi connectivity index (χ1v) is 3.50. The van der Waals surface area contributed by atoms with Gasteiger partial charge in [0.1, 0.15) is 5.82 Å². The first-order chi connectivity index (χ1) is 5.34. The van der Waals surface area contributed by atoms with Gasteiger partial charge in [-0.1, -0.05) is 18.2 Å². The molecule has 0 aromatic heterocycles. The van der Waals surface area contributed by atoms with Gasteiger partial charge in [0, 0.05) is 6.61 Å². The van der Waals surface area contributed by atoms with E-state index in [2.05, 4.69) is 0 Å². The van der Waals surface area contributed by atoms with Crippen molar-refractivity contribution in [1.82, 2.24) is 0 Å². The molecule has 0 saturated carbocycles. The van der Waals surface area contributed by atoms with Crippen LogP contribution < -0.4 is 0 Å². The molecule has 0 bridgehead atoms. The maximum absolute atomic E-state index is 12.8. The summed E-state index contributed by atoms with van der Waals surface area (Å²) in [6.45, 7) is -0.00562. The molecule has 1 N–H and O–H groups in total. The zero-order valence-electron chi connectivity index (χ0n) is 6.13. The molecule has 0 heterocycles. The standard InChI is InChI=1S/C9H10FO/c10-9-6-2-1-4-8(9)5-3-7-11/h1-4,6,11H,5,7H2. The van der Waals surface area contributed by atoms with E-state index in [1.807, 2.05) is 0 Å². The molecule has 59 valence electrons. The lowest BCUT2D eigenvalue weighted by atomic mass is 10.1. The highest BCUT2D eigenvalue weighted by molar-refractivity contribution is 5.18. The number of halogens is 1. The smallest absolute Gasteiger partial charge is 0.126 e. The fourth-order valence-electron chi connectivity index (χ4n) is 0.884. The summed E-state index contributed by atoms with van der Waals surface area (Å²) >= 11 is 0. The number of aliphatic hydroxyl groups excluding tert-OH is 1. The van der Waals surface area contributed by atoms with E-state index in [-0.39, 0.29) is 12.4 Å². The molecule has 0 aliphatic rings. The molecule has 0 atom stereocenters. The predicted molar refractivity (Wildman–Crippen MR) is 41.5 cm³/mol. The van der Waals surface area contributed by atoms with Gasteiger partial charge in [0.2, 0.25) is 0 Å². The van der Waals surface area contributed by atoms with E-state index in [9.17, 15) is 4.39 Å². The lowest BCUT2D eigenvalue weighted by molar-refractivity contribution is 0.325.